The van der Waals surface area contributed by atoms with Gasteiger partial charge in [-0.05, 0) is 0 Å². The second kappa shape index (κ2) is 11.6. The molecule has 1 unspecified atom stereocenters. The number of hydrogen-bond acceptors (Lipinski definition) is 8. The number of carboxylic acid groups (broad SMARTS) is 5. The van der Waals surface area contributed by atoms with Crippen molar-refractivity contribution in [1.29, 1.82) is 0 Å². The molecule has 0 saturated heterocycles. The standard InChI is InChI=1S/C8H8O8.C4H4O5/c9-5(10)1-2-7(13)16-4(8(14)15)3-6(11)12;5-2(4(8)9)1-3(6)7/h1-2,4H,3H2,(H,9,10)(H,11,12)(H,14,15);1,5H,(H,6,7)(H,8,9)/b2-1-;2-1+. The van der Waals surface area contributed by atoms with Gasteiger partial charge in [0.25, 0.3) is 0 Å². The van der Waals surface area contributed by atoms with Crippen LogP contribution in [0.3, 0.4) is 0 Å². The summed E-state index contributed by atoms with van der Waals surface area (Å²) in [5, 5.41) is 48.8. The van der Waals surface area contributed by atoms with Gasteiger partial charge in [0.05, 0.1) is 12.5 Å². The fourth-order valence-corrected chi connectivity index (χ4v) is 0.836. The number of ether oxygens (including phenoxy) is 1. The van der Waals surface area contributed by atoms with Crippen molar-refractivity contribution in [2.45, 2.75) is 12.5 Å². The van der Waals surface area contributed by atoms with Crippen molar-refractivity contribution in [2.75, 3.05) is 0 Å². The van der Waals surface area contributed by atoms with E-state index in [1.807, 2.05) is 0 Å². The summed E-state index contributed by atoms with van der Waals surface area (Å²) >= 11 is 0. The predicted octanol–water partition coefficient (Wildman–Crippen LogP) is -1.30. The Labute approximate surface area is 137 Å². The third kappa shape index (κ3) is 14.8. The molecule has 0 aromatic heterocycles. The van der Waals surface area contributed by atoms with Gasteiger partial charge in [-0.1, -0.05) is 0 Å². The molecule has 0 amide bonds. The first-order valence-corrected chi connectivity index (χ1v) is 5.79. The zero-order chi connectivity index (χ0) is 20.2. The lowest BCUT2D eigenvalue weighted by atomic mass is 10.2. The van der Waals surface area contributed by atoms with Gasteiger partial charge in [-0.25, -0.2) is 24.0 Å². The van der Waals surface area contributed by atoms with Crippen LogP contribution >= 0.6 is 0 Å². The van der Waals surface area contributed by atoms with E-state index in [-0.39, 0.29) is 6.08 Å². The third-order valence-corrected chi connectivity index (χ3v) is 1.74. The highest BCUT2D eigenvalue weighted by Gasteiger charge is 2.24. The number of carbonyl (C=O) groups excluding carboxylic acids is 1. The Morgan fingerprint density at radius 2 is 1.32 bits per heavy atom. The summed E-state index contributed by atoms with van der Waals surface area (Å²) in [5.74, 6) is -10.1. The van der Waals surface area contributed by atoms with Crippen molar-refractivity contribution in [2.24, 2.45) is 0 Å². The number of esters is 1. The molecule has 0 aromatic rings. The van der Waals surface area contributed by atoms with E-state index >= 15 is 0 Å². The van der Waals surface area contributed by atoms with Gasteiger partial charge in [0.1, 0.15) is 0 Å². The Hall–Kier alpha value is -3.90. The molecule has 25 heavy (non-hydrogen) atoms. The zero-order valence-electron chi connectivity index (χ0n) is 12.1. The van der Waals surface area contributed by atoms with Gasteiger partial charge >= 0.3 is 35.8 Å². The monoisotopic (exact) mass is 364 g/mol. The number of hydrogen-bond donors (Lipinski definition) is 6. The minimum absolute atomic E-state index is 0.197. The van der Waals surface area contributed by atoms with E-state index in [9.17, 15) is 28.8 Å². The normalized spacial score (nSPS) is 11.6. The summed E-state index contributed by atoms with van der Waals surface area (Å²) < 4.78 is 4.20. The molecule has 0 bridgehead atoms. The first-order chi connectivity index (χ1) is 11.4. The Kier molecular flexibility index (Phi) is 10.9. The summed E-state index contributed by atoms with van der Waals surface area (Å²) in [7, 11) is 0. The highest BCUT2D eigenvalue weighted by Crippen LogP contribution is 2.00. The maximum Gasteiger partial charge on any atom is 0.371 e. The zero-order valence-corrected chi connectivity index (χ0v) is 12.1. The lowest BCUT2D eigenvalue weighted by molar-refractivity contribution is -0.164. The van der Waals surface area contributed by atoms with Crippen molar-refractivity contribution in [3.63, 3.8) is 0 Å². The molecule has 0 rings (SSSR count). The summed E-state index contributed by atoms with van der Waals surface area (Å²) in [6.07, 6.45) is -1.62. The van der Waals surface area contributed by atoms with Crippen LogP contribution in [0.15, 0.2) is 24.0 Å². The van der Waals surface area contributed by atoms with Crippen LogP contribution in [0.2, 0.25) is 0 Å². The molecule has 0 saturated carbocycles. The van der Waals surface area contributed by atoms with Crippen molar-refractivity contribution in [3.05, 3.63) is 24.0 Å². The second-order valence-electron chi connectivity index (χ2n) is 3.71. The van der Waals surface area contributed by atoms with Crippen molar-refractivity contribution >= 4 is 35.8 Å². The lowest BCUT2D eigenvalue weighted by Crippen LogP contribution is -2.29. The van der Waals surface area contributed by atoms with E-state index in [0.717, 1.165) is 0 Å². The van der Waals surface area contributed by atoms with Crippen LogP contribution in [0, 0.1) is 0 Å². The second-order valence-corrected chi connectivity index (χ2v) is 3.71. The average Bonchev–Trinajstić information content (AvgIpc) is 2.43. The third-order valence-electron chi connectivity index (χ3n) is 1.74. The largest absolute Gasteiger partial charge is 0.502 e. The van der Waals surface area contributed by atoms with E-state index in [1.54, 1.807) is 0 Å². The molecular formula is C12H12O13. The fourth-order valence-electron chi connectivity index (χ4n) is 0.836. The van der Waals surface area contributed by atoms with E-state index in [0.29, 0.717) is 12.2 Å². The van der Waals surface area contributed by atoms with Crippen LogP contribution in [0.4, 0.5) is 0 Å². The van der Waals surface area contributed by atoms with Gasteiger partial charge in [-0.3, -0.25) is 4.79 Å². The molecule has 0 heterocycles. The van der Waals surface area contributed by atoms with Gasteiger partial charge < -0.3 is 35.4 Å². The Morgan fingerprint density at radius 3 is 1.60 bits per heavy atom. The number of aliphatic hydroxyl groups excluding tert-OH is 1. The first-order valence-electron chi connectivity index (χ1n) is 5.79. The Morgan fingerprint density at radius 1 is 0.800 bits per heavy atom. The lowest BCUT2D eigenvalue weighted by Gasteiger charge is -2.09. The molecule has 6 N–H and O–H groups in total. The predicted molar refractivity (Wildman–Crippen MR) is 72.5 cm³/mol. The molecule has 0 fully saturated rings. The van der Waals surface area contributed by atoms with Crippen LogP contribution in [0.5, 0.6) is 0 Å². The SMILES string of the molecule is O=C(O)/C=C(/O)C(=O)O.O=C(O)/C=C\C(=O)OC(CC(=O)O)C(=O)O. The van der Waals surface area contributed by atoms with Crippen LogP contribution in [-0.2, 0) is 33.5 Å². The summed E-state index contributed by atoms with van der Waals surface area (Å²) in [4.78, 5) is 60.7. The molecule has 0 radical (unpaired) electrons. The topological polar surface area (TPSA) is 233 Å². The minimum Gasteiger partial charge on any atom is -0.502 e. The summed E-state index contributed by atoms with van der Waals surface area (Å²) in [5.41, 5.74) is 0. The molecule has 0 aliphatic rings. The number of carbonyl (C=O) groups is 6. The smallest absolute Gasteiger partial charge is 0.371 e. The Bertz CT molecular complexity index is 612. The molecule has 138 valence electrons. The van der Waals surface area contributed by atoms with Crippen molar-refractivity contribution in [1.82, 2.24) is 0 Å². The van der Waals surface area contributed by atoms with Crippen molar-refractivity contribution in [3.8, 4) is 0 Å². The van der Waals surface area contributed by atoms with Crippen LogP contribution in [0.1, 0.15) is 6.42 Å². The van der Waals surface area contributed by atoms with Gasteiger partial charge in [-0.2, -0.15) is 0 Å². The maximum absolute atomic E-state index is 10.8. The quantitative estimate of drug-likeness (QED) is 0.167. The number of aliphatic carboxylic acids is 5. The van der Waals surface area contributed by atoms with Crippen LogP contribution in [0.25, 0.3) is 0 Å². The van der Waals surface area contributed by atoms with E-state index in [4.69, 9.17) is 30.6 Å². The highest BCUT2D eigenvalue weighted by molar-refractivity contribution is 5.93. The fraction of sp³-hybridized carbons (Fsp3) is 0.167. The number of rotatable bonds is 8. The molecule has 0 spiro atoms. The molecular weight excluding hydrogens is 352 g/mol. The highest BCUT2D eigenvalue weighted by atomic mass is 16.6. The summed E-state index contributed by atoms with van der Waals surface area (Å²) in [6, 6.07) is 0. The minimum atomic E-state index is -1.84. The first kappa shape index (κ1) is 23.4. The number of carboxylic acids is 5. The molecule has 0 aliphatic carbocycles. The summed E-state index contributed by atoms with van der Waals surface area (Å²) in [6.45, 7) is 0. The molecule has 0 aromatic carbocycles. The molecule has 0 aliphatic heterocycles. The molecule has 13 nitrogen and oxygen atoms in total. The average molecular weight is 364 g/mol. The van der Waals surface area contributed by atoms with Gasteiger partial charge in [0.15, 0.2) is 0 Å². The maximum atomic E-state index is 10.8. The van der Waals surface area contributed by atoms with E-state index < -0.39 is 54.1 Å². The van der Waals surface area contributed by atoms with Gasteiger partial charge in [-0.15, -0.1) is 0 Å². The number of aliphatic hydroxyl groups is 1. The Balaban J connectivity index is 0. The van der Waals surface area contributed by atoms with E-state index in [1.165, 1.54) is 0 Å². The molecule has 1 atom stereocenters. The van der Waals surface area contributed by atoms with Crippen LogP contribution < -0.4 is 0 Å². The van der Waals surface area contributed by atoms with Gasteiger partial charge in [0.2, 0.25) is 11.9 Å². The van der Waals surface area contributed by atoms with Gasteiger partial charge in [0, 0.05) is 12.2 Å². The van der Waals surface area contributed by atoms with Crippen LogP contribution in [-0.4, -0.2) is 72.6 Å². The molecule has 13 heteroatoms. The van der Waals surface area contributed by atoms with Crippen molar-refractivity contribution < 1.29 is 64.1 Å². The van der Waals surface area contributed by atoms with E-state index in [2.05, 4.69) is 4.74 Å².